The monoisotopic (exact) mass is 274 g/mol. The molecule has 2 heterocycles. The average Bonchev–Trinajstić information content (AvgIpc) is 2.92. The van der Waals surface area contributed by atoms with Gasteiger partial charge in [-0.3, -0.25) is 10.1 Å². The van der Waals surface area contributed by atoms with Crippen LogP contribution in [0.1, 0.15) is 11.5 Å². The summed E-state index contributed by atoms with van der Waals surface area (Å²) >= 11 is 0. The predicted molar refractivity (Wildman–Crippen MR) is 68.0 cm³/mol. The third-order valence-electron chi connectivity index (χ3n) is 2.27. The van der Waals surface area contributed by atoms with E-state index < -0.39 is 5.56 Å². The van der Waals surface area contributed by atoms with E-state index in [0.29, 0.717) is 10.4 Å². The zero-order valence-corrected chi connectivity index (χ0v) is 10.1. The molecule has 0 spiro atoms. The van der Waals surface area contributed by atoms with Gasteiger partial charge in [0.2, 0.25) is 5.96 Å². The van der Waals surface area contributed by atoms with Gasteiger partial charge in [0, 0.05) is 0 Å². The maximum Gasteiger partial charge on any atom is 0.295 e. The van der Waals surface area contributed by atoms with Crippen LogP contribution in [0.3, 0.4) is 0 Å². The van der Waals surface area contributed by atoms with E-state index in [1.807, 2.05) is 0 Å². The molecule has 0 fully saturated rings. The summed E-state index contributed by atoms with van der Waals surface area (Å²) in [6, 6.07) is 3.39. The molecule has 0 bridgehead atoms. The number of nitrogens with one attached hydrogen (secondary N) is 1. The summed E-state index contributed by atoms with van der Waals surface area (Å²) in [5.41, 5.74) is 4.87. The molecule has 0 aliphatic heterocycles. The number of nitriles is 1. The lowest BCUT2D eigenvalue weighted by Crippen LogP contribution is -2.33. The Morgan fingerprint density at radius 2 is 2.40 bits per heavy atom. The molecule has 0 aliphatic carbocycles. The first-order valence-corrected chi connectivity index (χ1v) is 5.37. The Morgan fingerprint density at radius 3 is 3.05 bits per heavy atom. The van der Waals surface area contributed by atoms with Gasteiger partial charge in [-0.25, -0.2) is 0 Å². The molecule has 0 radical (unpaired) electrons. The zero-order valence-electron chi connectivity index (χ0n) is 10.1. The van der Waals surface area contributed by atoms with Crippen molar-refractivity contribution in [2.24, 2.45) is 10.7 Å². The van der Waals surface area contributed by atoms with Crippen LogP contribution >= 0.6 is 0 Å². The smallest absolute Gasteiger partial charge is 0.295 e. The molecular formula is C10H10N8O2. The molecule has 20 heavy (non-hydrogen) atoms. The van der Waals surface area contributed by atoms with E-state index in [4.69, 9.17) is 21.3 Å². The Bertz CT molecular complexity index is 725. The minimum Gasteiger partial charge on any atom is -0.469 e. The van der Waals surface area contributed by atoms with E-state index in [2.05, 4.69) is 20.5 Å². The fourth-order valence-corrected chi connectivity index (χ4v) is 1.38. The Labute approximate surface area is 112 Å². The second-order valence-electron chi connectivity index (χ2n) is 3.61. The number of rotatable bonds is 3. The lowest BCUT2D eigenvalue weighted by Gasteiger charge is -2.04. The minimum absolute atomic E-state index is 0.105. The van der Waals surface area contributed by atoms with Crippen molar-refractivity contribution in [2.75, 3.05) is 5.84 Å². The number of aromatic nitrogens is 3. The summed E-state index contributed by atoms with van der Waals surface area (Å²) in [4.78, 5) is 15.6. The van der Waals surface area contributed by atoms with Crippen molar-refractivity contribution < 1.29 is 4.42 Å². The number of nitrogens with two attached hydrogens (primary N) is 2. The van der Waals surface area contributed by atoms with Crippen LogP contribution < -0.4 is 22.5 Å². The van der Waals surface area contributed by atoms with Crippen molar-refractivity contribution in [3.8, 4) is 6.19 Å². The summed E-state index contributed by atoms with van der Waals surface area (Å²) in [6.45, 7) is 0. The molecule has 2 aromatic heterocycles. The molecule has 0 unspecified atom stereocenters. The van der Waals surface area contributed by atoms with Gasteiger partial charge in [-0.1, -0.05) is 0 Å². The van der Waals surface area contributed by atoms with Gasteiger partial charge in [-0.2, -0.15) is 14.9 Å². The number of nitrogen functional groups attached to an aromatic ring is 1. The molecule has 5 N–H and O–H groups in total. The SMILES string of the molecule is N#CN/C(N)=N/c1nnc(Cc2ccco2)c(=O)n1N. The first-order chi connectivity index (χ1) is 9.61. The number of guanidine groups is 1. The van der Waals surface area contributed by atoms with Gasteiger partial charge < -0.3 is 16.0 Å². The first kappa shape index (κ1) is 13.1. The van der Waals surface area contributed by atoms with Crippen LogP contribution in [-0.4, -0.2) is 20.8 Å². The third kappa shape index (κ3) is 2.72. The second-order valence-corrected chi connectivity index (χ2v) is 3.61. The molecule has 102 valence electrons. The lowest BCUT2D eigenvalue weighted by atomic mass is 10.2. The molecule has 10 nitrogen and oxygen atoms in total. The summed E-state index contributed by atoms with van der Waals surface area (Å²) in [6.07, 6.45) is 3.21. The largest absolute Gasteiger partial charge is 0.469 e. The van der Waals surface area contributed by atoms with E-state index in [0.717, 1.165) is 0 Å². The third-order valence-corrected chi connectivity index (χ3v) is 2.27. The van der Waals surface area contributed by atoms with E-state index in [-0.39, 0.29) is 24.0 Å². The molecule has 2 aromatic rings. The summed E-state index contributed by atoms with van der Waals surface area (Å²) in [7, 11) is 0. The van der Waals surface area contributed by atoms with Crippen molar-refractivity contribution in [1.82, 2.24) is 20.2 Å². The Morgan fingerprint density at radius 1 is 1.60 bits per heavy atom. The number of nitrogens with zero attached hydrogens (tertiary/aromatic N) is 5. The van der Waals surface area contributed by atoms with Crippen LogP contribution in [0.5, 0.6) is 0 Å². The summed E-state index contributed by atoms with van der Waals surface area (Å²) in [5, 5.41) is 17.8. The normalized spacial score (nSPS) is 11.1. The zero-order chi connectivity index (χ0) is 14.5. The number of aliphatic imine (C=N–C) groups is 1. The van der Waals surface area contributed by atoms with Gasteiger partial charge in [0.15, 0.2) is 6.19 Å². The number of furan rings is 1. The molecule has 0 saturated heterocycles. The Balaban J connectivity index is 2.33. The maximum absolute atomic E-state index is 12.0. The minimum atomic E-state index is -0.583. The van der Waals surface area contributed by atoms with Crippen LogP contribution in [0.15, 0.2) is 32.6 Å². The fourth-order valence-electron chi connectivity index (χ4n) is 1.38. The Hall–Kier alpha value is -3.35. The number of hydrogen-bond donors (Lipinski definition) is 3. The van der Waals surface area contributed by atoms with Crippen molar-refractivity contribution in [1.29, 1.82) is 5.26 Å². The van der Waals surface area contributed by atoms with Gasteiger partial charge in [0.05, 0.1) is 12.7 Å². The molecule has 0 saturated carbocycles. The highest BCUT2D eigenvalue weighted by Crippen LogP contribution is 2.06. The molecule has 0 amide bonds. The van der Waals surface area contributed by atoms with E-state index in [9.17, 15) is 4.79 Å². The standard InChI is InChI=1S/C10H10N8O2/c11-5-14-9(12)15-10-17-16-7(8(19)18(10)13)4-6-2-1-3-20-6/h1-3H,4,13H2,(H3,12,14,15,17). The maximum atomic E-state index is 12.0. The van der Waals surface area contributed by atoms with Crippen molar-refractivity contribution >= 4 is 11.9 Å². The van der Waals surface area contributed by atoms with Gasteiger partial charge in [-0.15, -0.1) is 10.2 Å². The van der Waals surface area contributed by atoms with Gasteiger partial charge in [0.1, 0.15) is 11.5 Å². The second kappa shape index (κ2) is 5.53. The van der Waals surface area contributed by atoms with Crippen molar-refractivity contribution in [3.05, 3.63) is 40.2 Å². The number of hydrogen-bond acceptors (Lipinski definition) is 7. The Kier molecular flexibility index (Phi) is 3.62. The summed E-state index contributed by atoms with van der Waals surface area (Å²) < 4.78 is 5.80. The highest BCUT2D eigenvalue weighted by molar-refractivity contribution is 5.81. The predicted octanol–water partition coefficient (Wildman–Crippen LogP) is -1.45. The summed E-state index contributed by atoms with van der Waals surface area (Å²) in [5.74, 6) is 5.63. The van der Waals surface area contributed by atoms with Gasteiger partial charge in [0.25, 0.3) is 11.5 Å². The van der Waals surface area contributed by atoms with Crippen LogP contribution in [0.2, 0.25) is 0 Å². The molecule has 2 rings (SSSR count). The average molecular weight is 274 g/mol. The van der Waals surface area contributed by atoms with Crippen molar-refractivity contribution in [2.45, 2.75) is 6.42 Å². The highest BCUT2D eigenvalue weighted by atomic mass is 16.3. The first-order valence-electron chi connectivity index (χ1n) is 5.37. The quantitative estimate of drug-likeness (QED) is 0.201. The van der Waals surface area contributed by atoms with E-state index in [1.54, 1.807) is 18.3 Å². The fraction of sp³-hybridized carbons (Fsp3) is 0.100. The van der Waals surface area contributed by atoms with Crippen molar-refractivity contribution in [3.63, 3.8) is 0 Å². The molecule has 0 atom stereocenters. The van der Waals surface area contributed by atoms with E-state index >= 15 is 0 Å². The molecule has 0 aromatic carbocycles. The topological polar surface area (TPSA) is 161 Å². The van der Waals surface area contributed by atoms with Crippen LogP contribution in [0.4, 0.5) is 5.95 Å². The van der Waals surface area contributed by atoms with Crippen LogP contribution in [-0.2, 0) is 6.42 Å². The van der Waals surface area contributed by atoms with Crippen LogP contribution in [0, 0.1) is 11.5 Å². The van der Waals surface area contributed by atoms with Gasteiger partial charge >= 0.3 is 0 Å². The van der Waals surface area contributed by atoms with E-state index in [1.165, 1.54) is 6.26 Å². The molecule has 0 aliphatic rings. The molecule has 10 heteroatoms. The van der Waals surface area contributed by atoms with Gasteiger partial charge in [-0.05, 0) is 12.1 Å². The molecular weight excluding hydrogens is 264 g/mol. The highest BCUT2D eigenvalue weighted by Gasteiger charge is 2.11. The lowest BCUT2D eigenvalue weighted by molar-refractivity contribution is 0.516. The van der Waals surface area contributed by atoms with Crippen LogP contribution in [0.25, 0.3) is 0 Å².